The van der Waals surface area contributed by atoms with E-state index >= 15 is 0 Å². The van der Waals surface area contributed by atoms with Gasteiger partial charge in [0.1, 0.15) is 14.8 Å². The number of anilines is 2. The van der Waals surface area contributed by atoms with Gasteiger partial charge in [-0.25, -0.2) is 8.42 Å². The summed E-state index contributed by atoms with van der Waals surface area (Å²) in [6.45, 7) is 4.10. The lowest BCUT2D eigenvalue weighted by Gasteiger charge is -2.16. The average Bonchev–Trinajstić information content (AvgIpc) is 2.75. The van der Waals surface area contributed by atoms with E-state index in [4.69, 9.17) is 5.73 Å². The van der Waals surface area contributed by atoms with E-state index in [-0.39, 0.29) is 27.1 Å². The normalized spacial score (nSPS) is 11.4. The monoisotopic (exact) mass is 319 g/mol. The molecule has 0 aliphatic carbocycles. The zero-order valence-corrected chi connectivity index (χ0v) is 14.1. The van der Waals surface area contributed by atoms with Crippen molar-refractivity contribution in [3.63, 3.8) is 0 Å². The van der Waals surface area contributed by atoms with E-state index in [1.165, 1.54) is 4.90 Å². The third kappa shape index (κ3) is 2.90. The highest BCUT2D eigenvalue weighted by atomic mass is 32.2. The van der Waals surface area contributed by atoms with Crippen LogP contribution in [0, 0.1) is 0 Å². The van der Waals surface area contributed by atoms with Gasteiger partial charge in [-0.05, 0) is 6.92 Å². The number of amides is 1. The van der Waals surface area contributed by atoms with E-state index in [1.54, 1.807) is 33.0 Å². The summed E-state index contributed by atoms with van der Waals surface area (Å²) >= 11 is 1.13. The van der Waals surface area contributed by atoms with Gasteiger partial charge in [0.15, 0.2) is 9.84 Å². The molecular weight excluding hydrogens is 298 g/mol. The zero-order chi connectivity index (χ0) is 15.7. The molecule has 0 spiro atoms. The second-order valence-electron chi connectivity index (χ2n) is 4.60. The lowest BCUT2D eigenvalue weighted by Crippen LogP contribution is -2.21. The Hall–Kier alpha value is -1.28. The van der Waals surface area contributed by atoms with Crippen molar-refractivity contribution in [2.24, 2.45) is 0 Å². The van der Waals surface area contributed by atoms with Crippen LogP contribution in [0.3, 0.4) is 0 Å². The molecule has 0 fully saturated rings. The van der Waals surface area contributed by atoms with Crippen LogP contribution in [0.1, 0.15) is 23.5 Å². The molecule has 1 amide bonds. The van der Waals surface area contributed by atoms with Gasteiger partial charge in [-0.15, -0.1) is 11.3 Å². The van der Waals surface area contributed by atoms with E-state index in [2.05, 4.69) is 0 Å². The third-order valence-electron chi connectivity index (χ3n) is 2.99. The van der Waals surface area contributed by atoms with Gasteiger partial charge < -0.3 is 15.5 Å². The Labute approximate surface area is 124 Å². The standard InChI is InChI=1S/C12H21N3O3S2/c1-6-15(5)12-10(20(17,18)7-2)8(13)9(19-12)11(16)14(3)4/h6-7,13H2,1-5H3. The Morgan fingerprint density at radius 1 is 1.25 bits per heavy atom. The maximum absolute atomic E-state index is 12.2. The van der Waals surface area contributed by atoms with E-state index in [0.29, 0.717) is 11.5 Å². The Kier molecular flexibility index (Phi) is 5.04. The van der Waals surface area contributed by atoms with Crippen molar-refractivity contribution in [2.45, 2.75) is 18.7 Å². The number of carbonyl (C=O) groups excluding carboxylic acids is 1. The van der Waals surface area contributed by atoms with E-state index in [1.807, 2.05) is 6.92 Å². The minimum absolute atomic E-state index is 0.0475. The molecule has 20 heavy (non-hydrogen) atoms. The van der Waals surface area contributed by atoms with Crippen LogP contribution in [0.25, 0.3) is 0 Å². The maximum Gasteiger partial charge on any atom is 0.265 e. The predicted molar refractivity (Wildman–Crippen MR) is 83.4 cm³/mol. The molecule has 0 atom stereocenters. The summed E-state index contributed by atoms with van der Waals surface area (Å²) in [5.74, 6) is -0.329. The topological polar surface area (TPSA) is 83.7 Å². The minimum Gasteiger partial charge on any atom is -0.396 e. The molecule has 114 valence electrons. The molecule has 8 heteroatoms. The Balaban J connectivity index is 3.60. The summed E-state index contributed by atoms with van der Waals surface area (Å²) in [6.07, 6.45) is 0. The van der Waals surface area contributed by atoms with Gasteiger partial charge in [0.2, 0.25) is 0 Å². The molecule has 1 rings (SSSR count). The summed E-state index contributed by atoms with van der Waals surface area (Å²) in [5.41, 5.74) is 6.02. The van der Waals surface area contributed by atoms with Crippen LogP contribution in [-0.2, 0) is 9.84 Å². The number of carbonyl (C=O) groups is 1. The van der Waals surface area contributed by atoms with Crippen LogP contribution in [0.15, 0.2) is 4.90 Å². The smallest absolute Gasteiger partial charge is 0.265 e. The Morgan fingerprint density at radius 3 is 2.20 bits per heavy atom. The lowest BCUT2D eigenvalue weighted by atomic mass is 10.3. The Bertz CT molecular complexity index is 606. The molecule has 0 saturated heterocycles. The number of hydrogen-bond donors (Lipinski definition) is 1. The Morgan fingerprint density at radius 2 is 1.80 bits per heavy atom. The second kappa shape index (κ2) is 6.01. The van der Waals surface area contributed by atoms with Crippen molar-refractivity contribution >= 4 is 37.8 Å². The maximum atomic E-state index is 12.2. The summed E-state index contributed by atoms with van der Waals surface area (Å²) in [6, 6.07) is 0. The van der Waals surface area contributed by atoms with E-state index in [0.717, 1.165) is 11.3 Å². The molecule has 0 bridgehead atoms. The van der Waals surface area contributed by atoms with Crippen LogP contribution in [0.2, 0.25) is 0 Å². The fourth-order valence-corrected chi connectivity index (χ4v) is 4.50. The fraction of sp³-hybridized carbons (Fsp3) is 0.583. The molecule has 6 nitrogen and oxygen atoms in total. The van der Waals surface area contributed by atoms with Crippen LogP contribution in [-0.4, -0.2) is 52.7 Å². The third-order valence-corrected chi connectivity index (χ3v) is 6.23. The van der Waals surface area contributed by atoms with Crippen LogP contribution in [0.5, 0.6) is 0 Å². The highest BCUT2D eigenvalue weighted by Gasteiger charge is 2.30. The molecule has 0 aliphatic rings. The van der Waals surface area contributed by atoms with Crippen molar-refractivity contribution in [3.05, 3.63) is 4.88 Å². The van der Waals surface area contributed by atoms with Crippen LogP contribution >= 0.6 is 11.3 Å². The number of thiophene rings is 1. The molecule has 0 aromatic carbocycles. The van der Waals surface area contributed by atoms with Crippen LogP contribution in [0.4, 0.5) is 10.7 Å². The molecule has 0 unspecified atom stereocenters. The van der Waals surface area contributed by atoms with Gasteiger partial charge in [-0.1, -0.05) is 6.92 Å². The SMILES string of the molecule is CCN(C)c1sc(C(=O)N(C)C)c(N)c1S(=O)(=O)CC. The van der Waals surface area contributed by atoms with Crippen molar-refractivity contribution in [1.82, 2.24) is 4.90 Å². The highest BCUT2D eigenvalue weighted by molar-refractivity contribution is 7.92. The molecule has 0 saturated carbocycles. The van der Waals surface area contributed by atoms with Gasteiger partial charge in [-0.3, -0.25) is 4.79 Å². The van der Waals surface area contributed by atoms with Crippen molar-refractivity contribution < 1.29 is 13.2 Å². The molecule has 1 heterocycles. The summed E-state index contributed by atoms with van der Waals surface area (Å²) in [5, 5.41) is 0.525. The number of hydrogen-bond acceptors (Lipinski definition) is 6. The molecular formula is C12H21N3O3S2. The first-order valence-electron chi connectivity index (χ1n) is 6.25. The fourth-order valence-electron chi connectivity index (χ4n) is 1.62. The van der Waals surface area contributed by atoms with Crippen molar-refractivity contribution in [3.8, 4) is 0 Å². The summed E-state index contributed by atoms with van der Waals surface area (Å²) in [4.78, 5) is 15.6. The number of nitrogen functional groups attached to an aromatic ring is 1. The number of nitrogens with two attached hydrogens (primary N) is 1. The first-order chi connectivity index (χ1) is 9.17. The first kappa shape index (κ1) is 16.8. The highest BCUT2D eigenvalue weighted by Crippen LogP contribution is 2.41. The molecule has 1 aromatic heterocycles. The molecule has 0 radical (unpaired) electrons. The zero-order valence-electron chi connectivity index (χ0n) is 12.4. The lowest BCUT2D eigenvalue weighted by molar-refractivity contribution is 0.0833. The van der Waals surface area contributed by atoms with Crippen molar-refractivity contribution in [2.75, 3.05) is 44.1 Å². The first-order valence-corrected chi connectivity index (χ1v) is 8.72. The largest absolute Gasteiger partial charge is 0.396 e. The number of nitrogens with zero attached hydrogens (tertiary/aromatic N) is 2. The summed E-state index contributed by atoms with van der Waals surface area (Å²) in [7, 11) is 1.52. The van der Waals surface area contributed by atoms with E-state index < -0.39 is 9.84 Å². The van der Waals surface area contributed by atoms with E-state index in [9.17, 15) is 13.2 Å². The quantitative estimate of drug-likeness (QED) is 0.884. The second-order valence-corrected chi connectivity index (χ2v) is 7.81. The van der Waals surface area contributed by atoms with Gasteiger partial charge in [0.25, 0.3) is 5.91 Å². The summed E-state index contributed by atoms with van der Waals surface area (Å²) < 4.78 is 24.5. The van der Waals surface area contributed by atoms with Gasteiger partial charge in [0, 0.05) is 27.7 Å². The number of rotatable bonds is 5. The predicted octanol–water partition coefficient (Wildman–Crippen LogP) is 1.28. The minimum atomic E-state index is -3.48. The van der Waals surface area contributed by atoms with Gasteiger partial charge in [-0.2, -0.15) is 0 Å². The molecule has 2 N–H and O–H groups in total. The average molecular weight is 319 g/mol. The van der Waals surface area contributed by atoms with Gasteiger partial charge >= 0.3 is 0 Å². The van der Waals surface area contributed by atoms with Crippen LogP contribution < -0.4 is 10.6 Å². The molecule has 1 aromatic rings. The van der Waals surface area contributed by atoms with Crippen molar-refractivity contribution in [1.29, 1.82) is 0 Å². The molecule has 0 aliphatic heterocycles. The number of sulfone groups is 1. The van der Waals surface area contributed by atoms with Gasteiger partial charge in [0.05, 0.1) is 11.4 Å².